The molecule has 2 saturated heterocycles. The number of ether oxygens (including phenoxy) is 5. The Balaban J connectivity index is 1.43. The molecule has 180 valence electrons. The van der Waals surface area contributed by atoms with Gasteiger partial charge >= 0.3 is 11.9 Å². The van der Waals surface area contributed by atoms with E-state index in [4.69, 9.17) is 23.7 Å². The zero-order valence-corrected chi connectivity index (χ0v) is 18.6. The molecule has 0 amide bonds. The van der Waals surface area contributed by atoms with Crippen molar-refractivity contribution in [3.05, 3.63) is 108 Å². The monoisotopic (exact) mass is 476 g/mol. The quantitative estimate of drug-likeness (QED) is 0.560. The molecule has 0 saturated carbocycles. The number of aliphatic hydroxyl groups is 1. The Kier molecular flexibility index (Phi) is 6.87. The van der Waals surface area contributed by atoms with E-state index in [0.717, 1.165) is 5.56 Å². The van der Waals surface area contributed by atoms with E-state index in [1.165, 1.54) is 0 Å². The first-order chi connectivity index (χ1) is 17.1. The standard InChI is InChI=1S/C27H24O8/c28-24(17-10-4-1-5-11-17)33-22-21-20(16-31-27(35-21)19-14-8-3-9-15-19)32-26(30)23(22)34-25(29)18-12-6-2-7-13-18/h1-15,20-23,26-27,30H,16H2/t20-,21-,22+,23-,26+,27-/m1/s1. The zero-order valence-electron chi connectivity index (χ0n) is 18.6. The molecule has 0 bridgehead atoms. The highest BCUT2D eigenvalue weighted by atomic mass is 16.7. The molecule has 6 atom stereocenters. The predicted octanol–water partition coefficient (Wildman–Crippen LogP) is 3.27. The minimum absolute atomic E-state index is 0.0834. The van der Waals surface area contributed by atoms with Crippen molar-refractivity contribution in [3.63, 3.8) is 0 Å². The molecule has 35 heavy (non-hydrogen) atoms. The largest absolute Gasteiger partial charge is 0.452 e. The topological polar surface area (TPSA) is 101 Å². The summed E-state index contributed by atoms with van der Waals surface area (Å²) >= 11 is 0. The van der Waals surface area contributed by atoms with Gasteiger partial charge in [0.15, 0.2) is 24.8 Å². The maximum Gasteiger partial charge on any atom is 0.338 e. The molecule has 0 spiro atoms. The molecule has 2 heterocycles. The third-order valence-corrected chi connectivity index (χ3v) is 5.88. The van der Waals surface area contributed by atoms with E-state index < -0.39 is 48.9 Å². The van der Waals surface area contributed by atoms with Crippen LogP contribution in [0.15, 0.2) is 91.0 Å². The van der Waals surface area contributed by atoms with E-state index in [2.05, 4.69) is 0 Å². The van der Waals surface area contributed by atoms with Crippen LogP contribution in [-0.4, -0.2) is 54.4 Å². The van der Waals surface area contributed by atoms with Crippen molar-refractivity contribution in [3.8, 4) is 0 Å². The SMILES string of the molecule is O=C(O[C@@H]1[C@@H](OC(=O)c2ccccc2)[C@@H](O)O[C@@H]2CO[C@@H](c3ccccc3)O[C@@H]12)c1ccccc1. The fourth-order valence-electron chi connectivity index (χ4n) is 4.13. The summed E-state index contributed by atoms with van der Waals surface area (Å²) in [6, 6.07) is 26.0. The normalized spacial score (nSPS) is 27.9. The Labute approximate surface area is 202 Å². The van der Waals surface area contributed by atoms with E-state index in [1.54, 1.807) is 60.7 Å². The number of esters is 2. The predicted molar refractivity (Wildman–Crippen MR) is 122 cm³/mol. The Morgan fingerprint density at radius 3 is 1.80 bits per heavy atom. The number of fused-ring (bicyclic) bond motifs is 1. The van der Waals surface area contributed by atoms with E-state index in [1.807, 2.05) is 30.3 Å². The molecule has 8 heteroatoms. The molecule has 0 aliphatic carbocycles. The van der Waals surface area contributed by atoms with E-state index in [9.17, 15) is 14.7 Å². The van der Waals surface area contributed by atoms with Crippen LogP contribution in [0.3, 0.4) is 0 Å². The fourth-order valence-corrected chi connectivity index (χ4v) is 4.13. The molecular formula is C27H24O8. The van der Waals surface area contributed by atoms with Crippen LogP contribution in [0.5, 0.6) is 0 Å². The lowest BCUT2D eigenvalue weighted by Gasteiger charge is -2.47. The van der Waals surface area contributed by atoms with Crippen molar-refractivity contribution in [1.82, 2.24) is 0 Å². The Hall–Kier alpha value is -3.56. The van der Waals surface area contributed by atoms with Crippen LogP contribution < -0.4 is 0 Å². The van der Waals surface area contributed by atoms with Crippen LogP contribution in [-0.2, 0) is 23.7 Å². The molecule has 3 aromatic carbocycles. The van der Waals surface area contributed by atoms with E-state index in [0.29, 0.717) is 5.56 Å². The average molecular weight is 476 g/mol. The number of hydrogen-bond acceptors (Lipinski definition) is 8. The molecule has 5 rings (SSSR count). The average Bonchev–Trinajstić information content (AvgIpc) is 2.91. The second-order valence-electron chi connectivity index (χ2n) is 8.21. The van der Waals surface area contributed by atoms with Crippen molar-refractivity contribution in [1.29, 1.82) is 0 Å². The van der Waals surface area contributed by atoms with E-state index in [-0.39, 0.29) is 12.2 Å². The van der Waals surface area contributed by atoms with Gasteiger partial charge in [-0.2, -0.15) is 0 Å². The van der Waals surface area contributed by atoms with Crippen LogP contribution in [0.25, 0.3) is 0 Å². The lowest BCUT2D eigenvalue weighted by Crippen LogP contribution is -2.63. The highest BCUT2D eigenvalue weighted by Crippen LogP contribution is 2.36. The van der Waals surface area contributed by atoms with Gasteiger partial charge < -0.3 is 28.8 Å². The summed E-state index contributed by atoms with van der Waals surface area (Å²) in [4.78, 5) is 25.8. The smallest absolute Gasteiger partial charge is 0.338 e. The number of aliphatic hydroxyl groups excluding tert-OH is 1. The summed E-state index contributed by atoms with van der Waals surface area (Å²) in [5.41, 5.74) is 1.36. The summed E-state index contributed by atoms with van der Waals surface area (Å²) in [5, 5.41) is 10.7. The molecule has 0 unspecified atom stereocenters. The van der Waals surface area contributed by atoms with Crippen LogP contribution in [0.2, 0.25) is 0 Å². The number of benzene rings is 3. The van der Waals surface area contributed by atoms with Crippen molar-refractivity contribution in [2.75, 3.05) is 6.61 Å². The molecule has 0 aromatic heterocycles. The van der Waals surface area contributed by atoms with Gasteiger partial charge in [-0.15, -0.1) is 0 Å². The summed E-state index contributed by atoms with van der Waals surface area (Å²) in [6.07, 6.45) is -6.40. The first-order valence-corrected chi connectivity index (χ1v) is 11.3. The Morgan fingerprint density at radius 2 is 1.23 bits per heavy atom. The third kappa shape index (κ3) is 5.11. The maximum atomic E-state index is 13.0. The van der Waals surface area contributed by atoms with Gasteiger partial charge in [-0.25, -0.2) is 9.59 Å². The van der Waals surface area contributed by atoms with Crippen LogP contribution in [0, 0.1) is 0 Å². The minimum Gasteiger partial charge on any atom is -0.452 e. The van der Waals surface area contributed by atoms with Crippen LogP contribution in [0.4, 0.5) is 0 Å². The highest BCUT2D eigenvalue weighted by molar-refractivity contribution is 5.90. The van der Waals surface area contributed by atoms with Gasteiger partial charge in [-0.3, -0.25) is 0 Å². The molecular weight excluding hydrogens is 452 g/mol. The summed E-state index contributed by atoms with van der Waals surface area (Å²) in [7, 11) is 0. The first kappa shape index (κ1) is 23.2. The Bertz CT molecular complexity index is 1140. The molecule has 1 N–H and O–H groups in total. The minimum atomic E-state index is -1.56. The number of hydrogen-bond donors (Lipinski definition) is 1. The number of carbonyl (C=O) groups is 2. The third-order valence-electron chi connectivity index (χ3n) is 5.88. The molecule has 0 radical (unpaired) electrons. The molecule has 3 aromatic rings. The van der Waals surface area contributed by atoms with Crippen molar-refractivity contribution >= 4 is 11.9 Å². The lowest BCUT2D eigenvalue weighted by atomic mass is 9.97. The van der Waals surface area contributed by atoms with Crippen molar-refractivity contribution < 1.29 is 38.4 Å². The second-order valence-corrected chi connectivity index (χ2v) is 8.21. The van der Waals surface area contributed by atoms with Gasteiger partial charge in [0.1, 0.15) is 12.2 Å². The second kappa shape index (κ2) is 10.4. The van der Waals surface area contributed by atoms with Crippen LogP contribution in [0.1, 0.15) is 32.6 Å². The zero-order chi connectivity index (χ0) is 24.2. The molecule has 2 fully saturated rings. The summed E-state index contributed by atoms with van der Waals surface area (Å²) in [5.74, 6) is -1.33. The molecule has 2 aliphatic heterocycles. The van der Waals surface area contributed by atoms with Crippen molar-refractivity contribution in [2.45, 2.75) is 37.0 Å². The number of rotatable bonds is 5. The summed E-state index contributed by atoms with van der Waals surface area (Å²) < 4.78 is 29.1. The first-order valence-electron chi connectivity index (χ1n) is 11.3. The molecule has 2 aliphatic rings. The summed E-state index contributed by atoms with van der Waals surface area (Å²) in [6.45, 7) is 0.0834. The van der Waals surface area contributed by atoms with Gasteiger partial charge in [-0.05, 0) is 24.3 Å². The van der Waals surface area contributed by atoms with Gasteiger partial charge in [0, 0.05) is 5.56 Å². The van der Waals surface area contributed by atoms with Gasteiger partial charge in [0.25, 0.3) is 0 Å². The van der Waals surface area contributed by atoms with Gasteiger partial charge in [0.05, 0.1) is 17.7 Å². The van der Waals surface area contributed by atoms with Gasteiger partial charge in [-0.1, -0.05) is 66.7 Å². The van der Waals surface area contributed by atoms with Crippen molar-refractivity contribution in [2.24, 2.45) is 0 Å². The number of carbonyl (C=O) groups excluding carboxylic acids is 2. The van der Waals surface area contributed by atoms with Gasteiger partial charge in [0.2, 0.25) is 0 Å². The molecule has 8 nitrogen and oxygen atoms in total. The van der Waals surface area contributed by atoms with Crippen LogP contribution >= 0.6 is 0 Å². The van der Waals surface area contributed by atoms with E-state index >= 15 is 0 Å². The lowest BCUT2D eigenvalue weighted by molar-refractivity contribution is -0.353. The highest BCUT2D eigenvalue weighted by Gasteiger charge is 2.53. The maximum absolute atomic E-state index is 13.0. The fraction of sp³-hybridized carbons (Fsp3) is 0.259. The Morgan fingerprint density at radius 1 is 0.714 bits per heavy atom.